The minimum Gasteiger partial charge on any atom is -0.379 e. The molecule has 0 aromatic carbocycles. The molecule has 0 aliphatic rings. The van der Waals surface area contributed by atoms with Gasteiger partial charge in [0.15, 0.2) is 0 Å². The van der Waals surface area contributed by atoms with Crippen LogP contribution in [0.1, 0.15) is 79.6 Å². The lowest BCUT2D eigenvalue weighted by atomic mass is 9.92. The van der Waals surface area contributed by atoms with E-state index in [2.05, 4.69) is 38.3 Å². The van der Waals surface area contributed by atoms with Gasteiger partial charge in [-0.25, -0.2) is 0 Å². The first-order valence-electron chi connectivity index (χ1n) is 10.2. The van der Waals surface area contributed by atoms with Gasteiger partial charge in [-0.3, -0.25) is 5.32 Å². The summed E-state index contributed by atoms with van der Waals surface area (Å²) in [6, 6.07) is 0. The topological polar surface area (TPSA) is 62.8 Å². The normalized spacial score (nSPS) is 16.0. The van der Waals surface area contributed by atoms with Gasteiger partial charge in [-0.2, -0.15) is 0 Å². The van der Waals surface area contributed by atoms with Gasteiger partial charge in [0, 0.05) is 6.61 Å². The first-order valence-corrected chi connectivity index (χ1v) is 10.2. The Morgan fingerprint density at radius 1 is 0.920 bits per heavy atom. The fourth-order valence-corrected chi connectivity index (χ4v) is 2.93. The highest BCUT2D eigenvalue weighted by Crippen LogP contribution is 2.27. The Labute approximate surface area is 156 Å². The third-order valence-corrected chi connectivity index (χ3v) is 5.37. The Morgan fingerprint density at radius 2 is 1.60 bits per heavy atom. The van der Waals surface area contributed by atoms with Gasteiger partial charge in [-0.05, 0) is 78.9 Å². The number of aliphatic hydroxyl groups is 1. The fraction of sp³-hybridized carbons (Fsp3) is 1.00. The molecule has 25 heavy (non-hydrogen) atoms. The lowest BCUT2D eigenvalue weighted by Crippen LogP contribution is -2.37. The molecule has 0 aromatic rings. The van der Waals surface area contributed by atoms with Crippen LogP contribution in [0.5, 0.6) is 0 Å². The van der Waals surface area contributed by atoms with E-state index in [1.165, 1.54) is 0 Å². The van der Waals surface area contributed by atoms with Gasteiger partial charge in [0.2, 0.25) is 0 Å². The summed E-state index contributed by atoms with van der Waals surface area (Å²) in [5.74, 6) is 0. The summed E-state index contributed by atoms with van der Waals surface area (Å²) in [6.07, 6.45) is 6.62. The van der Waals surface area contributed by atoms with Crippen LogP contribution < -0.4 is 10.6 Å². The SMILES string of the molecule is CCC(C)(CCNC)OCCC(CC)(CC)OCCCCNC(C)O. The molecular formula is C20H44N2O3. The Hall–Kier alpha value is -0.200. The highest BCUT2D eigenvalue weighted by Gasteiger charge is 2.29. The molecule has 5 heteroatoms. The average molecular weight is 361 g/mol. The molecule has 0 saturated carbocycles. The second-order valence-electron chi connectivity index (χ2n) is 7.33. The predicted molar refractivity (Wildman–Crippen MR) is 106 cm³/mol. The van der Waals surface area contributed by atoms with Gasteiger partial charge in [0.1, 0.15) is 6.23 Å². The molecule has 0 amide bonds. The third-order valence-electron chi connectivity index (χ3n) is 5.37. The molecular weight excluding hydrogens is 316 g/mol. The zero-order valence-electron chi connectivity index (χ0n) is 17.6. The van der Waals surface area contributed by atoms with Gasteiger partial charge < -0.3 is 19.9 Å². The Morgan fingerprint density at radius 3 is 2.12 bits per heavy atom. The Bertz CT molecular complexity index is 309. The Balaban J connectivity index is 4.24. The standard InChI is InChI=1S/C20H44N2O3/c1-7-19(5,12-15-21-6)24-17-13-20(8-2,9-3)25-16-11-10-14-22-18(4)23/h18,21-23H,7-17H2,1-6H3. The van der Waals surface area contributed by atoms with E-state index in [4.69, 9.17) is 9.47 Å². The summed E-state index contributed by atoms with van der Waals surface area (Å²) in [5, 5.41) is 15.4. The largest absolute Gasteiger partial charge is 0.379 e. The van der Waals surface area contributed by atoms with Crippen molar-refractivity contribution in [3.8, 4) is 0 Å². The molecule has 5 nitrogen and oxygen atoms in total. The maximum absolute atomic E-state index is 9.19. The molecule has 0 bridgehead atoms. The molecule has 152 valence electrons. The smallest absolute Gasteiger partial charge is 0.102 e. The van der Waals surface area contributed by atoms with Crippen molar-refractivity contribution in [2.45, 2.75) is 97.0 Å². The maximum Gasteiger partial charge on any atom is 0.102 e. The minimum atomic E-state index is -0.431. The lowest BCUT2D eigenvalue weighted by Gasteiger charge is -2.35. The van der Waals surface area contributed by atoms with E-state index in [1.54, 1.807) is 6.92 Å². The van der Waals surface area contributed by atoms with Crippen molar-refractivity contribution < 1.29 is 14.6 Å². The summed E-state index contributed by atoms with van der Waals surface area (Å²) >= 11 is 0. The monoisotopic (exact) mass is 360 g/mol. The van der Waals surface area contributed by atoms with Crippen molar-refractivity contribution in [2.75, 3.05) is 33.4 Å². The number of rotatable bonds is 17. The number of unbranched alkanes of at least 4 members (excludes halogenated alkanes) is 1. The number of hydrogen-bond donors (Lipinski definition) is 3. The van der Waals surface area contributed by atoms with Crippen LogP contribution in [0.25, 0.3) is 0 Å². The highest BCUT2D eigenvalue weighted by molar-refractivity contribution is 4.80. The predicted octanol–water partition coefficient (Wildman–Crippen LogP) is 3.45. The molecule has 2 unspecified atom stereocenters. The van der Waals surface area contributed by atoms with Gasteiger partial charge >= 0.3 is 0 Å². The Kier molecular flexibility index (Phi) is 13.8. The summed E-state index contributed by atoms with van der Waals surface area (Å²) in [4.78, 5) is 0. The summed E-state index contributed by atoms with van der Waals surface area (Å²) in [5.41, 5.74) is -0.127. The first kappa shape index (κ1) is 24.8. The van der Waals surface area contributed by atoms with Crippen LogP contribution in [-0.4, -0.2) is 55.9 Å². The van der Waals surface area contributed by atoms with E-state index in [-0.39, 0.29) is 11.2 Å². The molecule has 0 heterocycles. The summed E-state index contributed by atoms with van der Waals surface area (Å²) < 4.78 is 12.5. The second kappa shape index (κ2) is 13.9. The third kappa shape index (κ3) is 11.2. The zero-order valence-corrected chi connectivity index (χ0v) is 17.6. The van der Waals surface area contributed by atoms with Gasteiger partial charge in [-0.1, -0.05) is 20.8 Å². The van der Waals surface area contributed by atoms with Crippen LogP contribution in [0.4, 0.5) is 0 Å². The lowest BCUT2D eigenvalue weighted by molar-refractivity contribution is -0.0998. The molecule has 0 aromatic heterocycles. The fourth-order valence-electron chi connectivity index (χ4n) is 2.93. The first-order chi connectivity index (χ1) is 11.9. The van der Waals surface area contributed by atoms with E-state index in [1.807, 2.05) is 7.05 Å². The van der Waals surface area contributed by atoms with Crippen LogP contribution in [0.15, 0.2) is 0 Å². The minimum absolute atomic E-state index is 0.0527. The van der Waals surface area contributed by atoms with Crippen molar-refractivity contribution in [1.29, 1.82) is 0 Å². The zero-order chi connectivity index (χ0) is 19.2. The van der Waals surface area contributed by atoms with Gasteiger partial charge in [0.25, 0.3) is 0 Å². The molecule has 0 aliphatic carbocycles. The van der Waals surface area contributed by atoms with Crippen LogP contribution in [0, 0.1) is 0 Å². The van der Waals surface area contributed by atoms with E-state index in [0.29, 0.717) is 0 Å². The molecule has 0 saturated heterocycles. The van der Waals surface area contributed by atoms with Crippen LogP contribution in [0.3, 0.4) is 0 Å². The quantitative estimate of drug-likeness (QED) is 0.274. The van der Waals surface area contributed by atoms with Crippen molar-refractivity contribution >= 4 is 0 Å². The van der Waals surface area contributed by atoms with Crippen molar-refractivity contribution in [3.05, 3.63) is 0 Å². The van der Waals surface area contributed by atoms with Crippen LogP contribution >= 0.6 is 0 Å². The van der Waals surface area contributed by atoms with E-state index < -0.39 is 6.23 Å². The van der Waals surface area contributed by atoms with Crippen molar-refractivity contribution in [3.63, 3.8) is 0 Å². The molecule has 3 N–H and O–H groups in total. The summed E-state index contributed by atoms with van der Waals surface area (Å²) in [7, 11) is 1.99. The number of ether oxygens (including phenoxy) is 2. The van der Waals surface area contributed by atoms with Crippen LogP contribution in [-0.2, 0) is 9.47 Å². The van der Waals surface area contributed by atoms with E-state index in [9.17, 15) is 5.11 Å². The van der Waals surface area contributed by atoms with Crippen molar-refractivity contribution in [1.82, 2.24) is 10.6 Å². The van der Waals surface area contributed by atoms with E-state index >= 15 is 0 Å². The molecule has 2 atom stereocenters. The number of nitrogens with one attached hydrogen (secondary N) is 2. The van der Waals surface area contributed by atoms with Crippen molar-refractivity contribution in [2.24, 2.45) is 0 Å². The van der Waals surface area contributed by atoms with Gasteiger partial charge in [-0.15, -0.1) is 0 Å². The molecule has 0 fully saturated rings. The molecule has 0 radical (unpaired) electrons. The van der Waals surface area contributed by atoms with E-state index in [0.717, 1.165) is 71.2 Å². The summed E-state index contributed by atoms with van der Waals surface area (Å²) in [6.45, 7) is 13.9. The molecule has 0 aliphatic heterocycles. The molecule has 0 spiro atoms. The van der Waals surface area contributed by atoms with Crippen LogP contribution in [0.2, 0.25) is 0 Å². The number of aliphatic hydroxyl groups excluding tert-OH is 1. The second-order valence-corrected chi connectivity index (χ2v) is 7.33. The number of hydrogen-bond acceptors (Lipinski definition) is 5. The maximum atomic E-state index is 9.19. The highest BCUT2D eigenvalue weighted by atomic mass is 16.5. The van der Waals surface area contributed by atoms with Gasteiger partial charge in [0.05, 0.1) is 17.8 Å². The molecule has 0 rings (SSSR count). The average Bonchev–Trinajstić information content (AvgIpc) is 2.61.